The van der Waals surface area contributed by atoms with Gasteiger partial charge in [-0.05, 0) is 13.3 Å². The zero-order chi connectivity index (χ0) is 12.1. The molecule has 0 amide bonds. The smallest absolute Gasteiger partial charge is 0.425 e. The third-order valence-corrected chi connectivity index (χ3v) is 1.57. The molecule has 0 rings (SSSR count). The minimum atomic E-state index is -4.69. The number of halogens is 3. The summed E-state index contributed by atoms with van der Waals surface area (Å²) in [6.45, 7) is 2.67. The van der Waals surface area contributed by atoms with Gasteiger partial charge in [-0.3, -0.25) is 9.59 Å². The molecule has 0 aromatic rings. The maximum Gasteiger partial charge on any atom is 0.425 e. The summed E-state index contributed by atoms with van der Waals surface area (Å²) >= 11 is 0. The summed E-state index contributed by atoms with van der Waals surface area (Å²) in [4.78, 5) is 21.4. The summed E-state index contributed by atoms with van der Waals surface area (Å²) in [6, 6.07) is 0. The summed E-state index contributed by atoms with van der Waals surface area (Å²) in [5, 5.41) is 0. The van der Waals surface area contributed by atoms with Gasteiger partial charge in [0.15, 0.2) is 0 Å². The lowest BCUT2D eigenvalue weighted by Crippen LogP contribution is -2.35. The zero-order valence-electron chi connectivity index (χ0n) is 8.56. The van der Waals surface area contributed by atoms with Crippen LogP contribution in [0.15, 0.2) is 0 Å². The standard InChI is InChI=1S/C9H13F3O3/c1-3-4-8(14)15-7(5-6(2)13)9(10,11)12/h7H,3-5H2,1-2H3. The average molecular weight is 226 g/mol. The highest BCUT2D eigenvalue weighted by Crippen LogP contribution is 2.26. The predicted molar refractivity (Wildman–Crippen MR) is 46.1 cm³/mol. The molecule has 0 spiro atoms. The molecule has 0 N–H and O–H groups in total. The number of alkyl halides is 3. The number of Topliss-reactive ketones (excluding diaryl/α,β-unsaturated/α-hetero) is 1. The largest absolute Gasteiger partial charge is 0.452 e. The Kier molecular flexibility index (Phi) is 5.32. The molecule has 0 heterocycles. The van der Waals surface area contributed by atoms with Gasteiger partial charge in [0, 0.05) is 6.42 Å². The van der Waals surface area contributed by atoms with Gasteiger partial charge in [0.1, 0.15) is 5.78 Å². The summed E-state index contributed by atoms with van der Waals surface area (Å²) < 4.78 is 40.9. The van der Waals surface area contributed by atoms with Crippen molar-refractivity contribution in [3.63, 3.8) is 0 Å². The molecule has 0 aliphatic carbocycles. The van der Waals surface area contributed by atoms with Crippen LogP contribution in [0.5, 0.6) is 0 Å². The van der Waals surface area contributed by atoms with Crippen LogP contribution in [0.2, 0.25) is 0 Å². The normalized spacial score (nSPS) is 13.4. The lowest BCUT2D eigenvalue weighted by Gasteiger charge is -2.19. The van der Waals surface area contributed by atoms with Crippen LogP contribution in [0.3, 0.4) is 0 Å². The number of carbonyl (C=O) groups is 2. The first kappa shape index (κ1) is 13.9. The molecule has 88 valence electrons. The Bertz CT molecular complexity index is 235. The topological polar surface area (TPSA) is 43.4 Å². The highest BCUT2D eigenvalue weighted by atomic mass is 19.4. The first-order chi connectivity index (χ1) is 6.77. The lowest BCUT2D eigenvalue weighted by atomic mass is 10.2. The van der Waals surface area contributed by atoms with Crippen molar-refractivity contribution in [1.82, 2.24) is 0 Å². The fourth-order valence-electron chi connectivity index (χ4n) is 0.907. The van der Waals surface area contributed by atoms with Gasteiger partial charge in [0.05, 0.1) is 6.42 Å². The molecule has 0 saturated heterocycles. The molecule has 0 aliphatic heterocycles. The molecule has 0 saturated carbocycles. The Morgan fingerprint density at radius 3 is 2.20 bits per heavy atom. The number of ketones is 1. The van der Waals surface area contributed by atoms with Crippen molar-refractivity contribution in [1.29, 1.82) is 0 Å². The fraction of sp³-hybridized carbons (Fsp3) is 0.778. The van der Waals surface area contributed by atoms with Gasteiger partial charge in [-0.25, -0.2) is 0 Å². The van der Waals surface area contributed by atoms with E-state index in [0.29, 0.717) is 6.42 Å². The van der Waals surface area contributed by atoms with E-state index in [1.165, 1.54) is 0 Å². The van der Waals surface area contributed by atoms with Gasteiger partial charge in [-0.1, -0.05) is 6.92 Å². The van der Waals surface area contributed by atoms with Gasteiger partial charge in [0.25, 0.3) is 0 Å². The quantitative estimate of drug-likeness (QED) is 0.675. The number of carbonyl (C=O) groups excluding carboxylic acids is 2. The first-order valence-corrected chi connectivity index (χ1v) is 4.53. The van der Waals surface area contributed by atoms with E-state index in [1.807, 2.05) is 0 Å². The summed E-state index contributed by atoms with van der Waals surface area (Å²) in [7, 11) is 0. The van der Waals surface area contributed by atoms with Crippen LogP contribution in [-0.4, -0.2) is 24.0 Å². The first-order valence-electron chi connectivity index (χ1n) is 4.53. The zero-order valence-corrected chi connectivity index (χ0v) is 8.56. The van der Waals surface area contributed by atoms with E-state index in [2.05, 4.69) is 4.74 Å². The van der Waals surface area contributed by atoms with E-state index in [0.717, 1.165) is 6.92 Å². The van der Waals surface area contributed by atoms with Gasteiger partial charge in [0.2, 0.25) is 6.10 Å². The van der Waals surface area contributed by atoms with Crippen molar-refractivity contribution in [2.24, 2.45) is 0 Å². The predicted octanol–water partition coefficient (Wildman–Crippen LogP) is 2.24. The van der Waals surface area contributed by atoms with E-state index < -0.39 is 30.5 Å². The highest BCUT2D eigenvalue weighted by Gasteiger charge is 2.43. The molecule has 0 aliphatic rings. The molecule has 0 bridgehead atoms. The molecule has 1 atom stereocenters. The van der Waals surface area contributed by atoms with Crippen molar-refractivity contribution in [2.75, 3.05) is 0 Å². The Morgan fingerprint density at radius 2 is 1.87 bits per heavy atom. The second-order valence-electron chi connectivity index (χ2n) is 3.18. The van der Waals surface area contributed by atoms with E-state index in [1.54, 1.807) is 6.92 Å². The van der Waals surface area contributed by atoms with E-state index >= 15 is 0 Å². The van der Waals surface area contributed by atoms with Gasteiger partial charge in [-0.2, -0.15) is 13.2 Å². The maximum atomic E-state index is 12.3. The number of rotatable bonds is 5. The third-order valence-electron chi connectivity index (χ3n) is 1.57. The molecule has 3 nitrogen and oxygen atoms in total. The van der Waals surface area contributed by atoms with Crippen LogP contribution in [-0.2, 0) is 14.3 Å². The molecular weight excluding hydrogens is 213 g/mol. The average Bonchev–Trinajstić information content (AvgIpc) is 2.00. The molecule has 6 heteroatoms. The van der Waals surface area contributed by atoms with Crippen LogP contribution in [0.1, 0.15) is 33.1 Å². The Labute approximate surface area is 85.6 Å². The Balaban J connectivity index is 4.38. The number of esters is 1. The number of hydrogen-bond acceptors (Lipinski definition) is 3. The van der Waals surface area contributed by atoms with Gasteiger partial charge in [-0.15, -0.1) is 0 Å². The molecule has 1 unspecified atom stereocenters. The highest BCUT2D eigenvalue weighted by molar-refractivity contribution is 5.77. The van der Waals surface area contributed by atoms with Crippen LogP contribution in [0, 0.1) is 0 Å². The maximum absolute atomic E-state index is 12.3. The SMILES string of the molecule is CCCC(=O)OC(CC(C)=O)C(F)(F)F. The molecule has 15 heavy (non-hydrogen) atoms. The summed E-state index contributed by atoms with van der Waals surface area (Å²) in [5.41, 5.74) is 0. The second-order valence-corrected chi connectivity index (χ2v) is 3.18. The molecule has 0 radical (unpaired) electrons. The van der Waals surface area contributed by atoms with Crippen molar-refractivity contribution in [3.05, 3.63) is 0 Å². The third kappa shape index (κ3) is 6.09. The second kappa shape index (κ2) is 5.72. The van der Waals surface area contributed by atoms with E-state index in [9.17, 15) is 22.8 Å². The van der Waals surface area contributed by atoms with Crippen molar-refractivity contribution in [2.45, 2.75) is 45.4 Å². The fourth-order valence-corrected chi connectivity index (χ4v) is 0.907. The minimum Gasteiger partial charge on any atom is -0.452 e. The lowest BCUT2D eigenvalue weighted by molar-refractivity contribution is -0.222. The van der Waals surface area contributed by atoms with Gasteiger partial charge < -0.3 is 4.74 Å². The van der Waals surface area contributed by atoms with Crippen LogP contribution in [0.4, 0.5) is 13.2 Å². The van der Waals surface area contributed by atoms with Crippen molar-refractivity contribution < 1.29 is 27.5 Å². The monoisotopic (exact) mass is 226 g/mol. The summed E-state index contributed by atoms with van der Waals surface area (Å²) in [6.07, 6.45) is -7.49. The van der Waals surface area contributed by atoms with Crippen molar-refractivity contribution in [3.8, 4) is 0 Å². The number of hydrogen-bond donors (Lipinski definition) is 0. The molecule has 0 aromatic heterocycles. The van der Waals surface area contributed by atoms with E-state index in [-0.39, 0.29) is 6.42 Å². The molecule has 0 fully saturated rings. The van der Waals surface area contributed by atoms with Crippen LogP contribution in [0.25, 0.3) is 0 Å². The molecular formula is C9H13F3O3. The minimum absolute atomic E-state index is 0.0789. The molecule has 0 aromatic carbocycles. The Hall–Kier alpha value is -1.07. The number of ether oxygens (including phenoxy) is 1. The van der Waals surface area contributed by atoms with E-state index in [4.69, 9.17) is 0 Å². The van der Waals surface area contributed by atoms with Crippen LogP contribution < -0.4 is 0 Å². The van der Waals surface area contributed by atoms with Crippen molar-refractivity contribution >= 4 is 11.8 Å². The van der Waals surface area contributed by atoms with Crippen LogP contribution >= 0.6 is 0 Å². The Morgan fingerprint density at radius 1 is 1.33 bits per heavy atom. The summed E-state index contributed by atoms with van der Waals surface area (Å²) in [5.74, 6) is -1.59. The van der Waals surface area contributed by atoms with Gasteiger partial charge >= 0.3 is 12.1 Å².